The molecule has 0 spiro atoms. The molecule has 2 N–H and O–H groups in total. The third-order valence-corrected chi connectivity index (χ3v) is 4.16. The van der Waals surface area contributed by atoms with Crippen LogP contribution in [0.15, 0.2) is 16.6 Å². The molecule has 1 heterocycles. The molecule has 0 saturated carbocycles. The molecule has 1 fully saturated rings. The second-order valence-electron chi connectivity index (χ2n) is 4.25. The van der Waals surface area contributed by atoms with E-state index in [4.69, 9.17) is 11.6 Å². The van der Waals surface area contributed by atoms with E-state index >= 15 is 0 Å². The van der Waals surface area contributed by atoms with Crippen LogP contribution < -0.4 is 5.32 Å². The number of alkyl halides is 1. The minimum absolute atomic E-state index is 0. The van der Waals surface area contributed by atoms with Crippen LogP contribution in [-0.4, -0.2) is 42.9 Å². The van der Waals surface area contributed by atoms with E-state index in [0.29, 0.717) is 15.1 Å². The molecular weight excluding hydrogens is 393 g/mol. The zero-order valence-electron chi connectivity index (χ0n) is 10.6. The first-order chi connectivity index (χ1) is 8.65. The molecule has 0 amide bonds. The van der Waals surface area contributed by atoms with E-state index in [2.05, 4.69) is 21.2 Å². The summed E-state index contributed by atoms with van der Waals surface area (Å²) in [6.07, 6.45) is 0. The maximum Gasteiger partial charge on any atom is 0.136 e. The molecule has 20 heavy (non-hydrogen) atoms. The lowest BCUT2D eigenvalue weighted by Crippen LogP contribution is -2.45. The van der Waals surface area contributed by atoms with Gasteiger partial charge in [-0.2, -0.15) is 0 Å². The average molecular weight is 411 g/mol. The van der Waals surface area contributed by atoms with Gasteiger partial charge in [0.25, 0.3) is 0 Å². The van der Waals surface area contributed by atoms with Gasteiger partial charge in [0.15, 0.2) is 0 Å². The second kappa shape index (κ2) is 9.28. The third kappa shape index (κ3) is 4.36. The molecule has 2 rings (SSSR count). The van der Waals surface area contributed by atoms with Crippen molar-refractivity contribution in [3.8, 4) is 5.75 Å². The highest BCUT2D eigenvalue weighted by molar-refractivity contribution is 9.10. The molecule has 0 unspecified atom stereocenters. The van der Waals surface area contributed by atoms with E-state index in [9.17, 15) is 9.50 Å². The van der Waals surface area contributed by atoms with Crippen molar-refractivity contribution >= 4 is 52.3 Å². The summed E-state index contributed by atoms with van der Waals surface area (Å²) in [4.78, 5) is 2.00. The number of hydrogen-bond acceptors (Lipinski definition) is 3. The number of phenolic OH excluding ortho intramolecular Hbond substituents is 1. The Morgan fingerprint density at radius 1 is 1.35 bits per heavy atom. The number of aromatic hydroxyl groups is 1. The lowest BCUT2D eigenvalue weighted by Gasteiger charge is -2.34. The van der Waals surface area contributed by atoms with Crippen molar-refractivity contribution in [2.24, 2.45) is 0 Å². The van der Waals surface area contributed by atoms with Gasteiger partial charge in [-0.3, -0.25) is 4.90 Å². The number of benzene rings is 1. The molecule has 0 aromatic heterocycles. The van der Waals surface area contributed by atoms with E-state index in [1.165, 1.54) is 0 Å². The van der Waals surface area contributed by atoms with Gasteiger partial charge in [0, 0.05) is 36.8 Å². The fourth-order valence-electron chi connectivity index (χ4n) is 2.22. The summed E-state index contributed by atoms with van der Waals surface area (Å²) in [7, 11) is 0. The predicted octanol–water partition coefficient (Wildman–Crippen LogP) is 3.57. The fraction of sp³-hybridized carbons (Fsp3) is 0.500. The maximum absolute atomic E-state index is 13.4. The minimum Gasteiger partial charge on any atom is -0.506 e. The van der Waals surface area contributed by atoms with Gasteiger partial charge in [0.1, 0.15) is 12.4 Å². The molecule has 1 aromatic carbocycles. The molecule has 1 aliphatic heterocycles. The van der Waals surface area contributed by atoms with Crippen LogP contribution in [0.25, 0.3) is 0 Å². The molecular formula is C12H17BrCl3FN2O. The van der Waals surface area contributed by atoms with Crippen LogP contribution in [0.1, 0.15) is 11.6 Å². The van der Waals surface area contributed by atoms with Crippen molar-refractivity contribution in [3.05, 3.63) is 27.2 Å². The lowest BCUT2D eigenvalue weighted by atomic mass is 10.0. The fourth-order valence-corrected chi connectivity index (χ4v) is 2.85. The topological polar surface area (TPSA) is 35.5 Å². The van der Waals surface area contributed by atoms with Gasteiger partial charge in [0.2, 0.25) is 0 Å². The van der Waals surface area contributed by atoms with E-state index in [-0.39, 0.29) is 30.6 Å². The molecule has 1 aromatic rings. The molecule has 116 valence electrons. The largest absolute Gasteiger partial charge is 0.506 e. The summed E-state index contributed by atoms with van der Waals surface area (Å²) in [5.41, 5.74) is 0.468. The van der Waals surface area contributed by atoms with E-state index in [1.807, 2.05) is 4.90 Å². The normalized spacial score (nSPS) is 16.9. The van der Waals surface area contributed by atoms with E-state index in [0.717, 1.165) is 26.2 Å². The van der Waals surface area contributed by atoms with Crippen molar-refractivity contribution < 1.29 is 9.50 Å². The zero-order valence-corrected chi connectivity index (χ0v) is 14.6. The van der Waals surface area contributed by atoms with Crippen molar-refractivity contribution in [1.82, 2.24) is 10.2 Å². The van der Waals surface area contributed by atoms with Crippen LogP contribution in [0.2, 0.25) is 5.02 Å². The van der Waals surface area contributed by atoms with Gasteiger partial charge < -0.3 is 10.4 Å². The van der Waals surface area contributed by atoms with Crippen molar-refractivity contribution in [2.75, 3.05) is 32.9 Å². The lowest BCUT2D eigenvalue weighted by molar-refractivity contribution is 0.145. The number of halogens is 5. The summed E-state index contributed by atoms with van der Waals surface area (Å²) < 4.78 is 13.9. The second-order valence-corrected chi connectivity index (χ2v) is 5.51. The molecule has 0 aliphatic carbocycles. The van der Waals surface area contributed by atoms with Gasteiger partial charge in [-0.25, -0.2) is 4.39 Å². The highest BCUT2D eigenvalue weighted by Gasteiger charge is 2.27. The average Bonchev–Trinajstić information content (AvgIpc) is 2.40. The summed E-state index contributed by atoms with van der Waals surface area (Å²) in [5, 5.41) is 13.7. The minimum atomic E-state index is -0.566. The van der Waals surface area contributed by atoms with Gasteiger partial charge in [0.05, 0.1) is 10.5 Å². The molecule has 1 aliphatic rings. The zero-order chi connectivity index (χ0) is 13.1. The van der Waals surface area contributed by atoms with Crippen LogP contribution in [-0.2, 0) is 0 Å². The number of nitrogens with one attached hydrogen (secondary N) is 1. The number of nitrogens with zero attached hydrogens (tertiary/aromatic N) is 1. The van der Waals surface area contributed by atoms with Crippen LogP contribution in [0, 0.1) is 0 Å². The van der Waals surface area contributed by atoms with Crippen LogP contribution >= 0.6 is 52.3 Å². The smallest absolute Gasteiger partial charge is 0.136 e. The monoisotopic (exact) mass is 408 g/mol. The number of hydrogen-bond donors (Lipinski definition) is 2. The Balaban J connectivity index is 0.00000180. The Morgan fingerprint density at radius 2 is 1.95 bits per heavy atom. The van der Waals surface area contributed by atoms with Crippen LogP contribution in [0.3, 0.4) is 0 Å². The van der Waals surface area contributed by atoms with Gasteiger partial charge in [-0.1, -0.05) is 11.6 Å². The molecule has 3 nitrogen and oxygen atoms in total. The molecule has 0 radical (unpaired) electrons. The van der Waals surface area contributed by atoms with E-state index < -0.39 is 12.7 Å². The Hall–Kier alpha value is 0.220. The SMILES string of the molecule is Cl.Cl.Oc1c(Br)ccc(Cl)c1[C@H](CF)N1CCNCC1. The maximum atomic E-state index is 13.4. The summed E-state index contributed by atoms with van der Waals surface area (Å²) in [5.74, 6) is 0.0312. The van der Waals surface area contributed by atoms with E-state index in [1.54, 1.807) is 12.1 Å². The molecule has 8 heteroatoms. The van der Waals surface area contributed by atoms with Crippen molar-refractivity contribution in [2.45, 2.75) is 6.04 Å². The molecule has 0 bridgehead atoms. The predicted molar refractivity (Wildman–Crippen MR) is 88.5 cm³/mol. The highest BCUT2D eigenvalue weighted by atomic mass is 79.9. The van der Waals surface area contributed by atoms with Crippen LogP contribution in [0.4, 0.5) is 4.39 Å². The number of piperazine rings is 1. The standard InChI is InChI=1S/C12H15BrClFN2O.2ClH/c13-8-1-2-9(14)11(12(8)18)10(7-15)17-5-3-16-4-6-17;;/h1-2,10,16,18H,3-7H2;2*1H/t10-;;/m0../s1. The van der Waals surface area contributed by atoms with Gasteiger partial charge >= 0.3 is 0 Å². The Kier molecular flexibility index (Phi) is 9.38. The van der Waals surface area contributed by atoms with Gasteiger partial charge in [-0.05, 0) is 28.1 Å². The molecule has 1 atom stereocenters. The number of rotatable bonds is 3. The number of phenols is 1. The first kappa shape index (κ1) is 20.2. The first-order valence-electron chi connectivity index (χ1n) is 5.82. The van der Waals surface area contributed by atoms with Crippen molar-refractivity contribution in [1.29, 1.82) is 0 Å². The summed E-state index contributed by atoms with van der Waals surface area (Å²) in [6.45, 7) is 2.57. The quantitative estimate of drug-likeness (QED) is 0.800. The van der Waals surface area contributed by atoms with Gasteiger partial charge in [-0.15, -0.1) is 24.8 Å². The Labute approximate surface area is 143 Å². The Bertz CT molecular complexity index is 433. The summed E-state index contributed by atoms with van der Waals surface area (Å²) in [6, 6.07) is 2.84. The Morgan fingerprint density at radius 3 is 2.50 bits per heavy atom. The van der Waals surface area contributed by atoms with Crippen LogP contribution in [0.5, 0.6) is 5.75 Å². The first-order valence-corrected chi connectivity index (χ1v) is 7.00. The highest BCUT2D eigenvalue weighted by Crippen LogP contribution is 2.39. The third-order valence-electron chi connectivity index (χ3n) is 3.19. The van der Waals surface area contributed by atoms with Crippen molar-refractivity contribution in [3.63, 3.8) is 0 Å². The summed E-state index contributed by atoms with van der Waals surface area (Å²) >= 11 is 9.34. The molecule has 1 saturated heterocycles.